The molecule has 31 heavy (non-hydrogen) atoms. The molecule has 1 amide bonds. The van der Waals surface area contributed by atoms with E-state index in [0.29, 0.717) is 35.8 Å². The lowest BCUT2D eigenvalue weighted by atomic mass is 9.80. The van der Waals surface area contributed by atoms with Crippen LogP contribution in [-0.4, -0.2) is 52.1 Å². The number of anilines is 1. The van der Waals surface area contributed by atoms with Gasteiger partial charge in [0.25, 0.3) is 0 Å². The second kappa shape index (κ2) is 9.02. The first-order valence-corrected chi connectivity index (χ1v) is 11.4. The zero-order valence-electron chi connectivity index (χ0n) is 17.3. The fourth-order valence-corrected chi connectivity index (χ4v) is 5.44. The zero-order valence-corrected chi connectivity index (χ0v) is 18.2. The third kappa shape index (κ3) is 4.94. The van der Waals surface area contributed by atoms with Crippen molar-refractivity contribution in [1.82, 2.24) is 9.88 Å². The predicted molar refractivity (Wildman–Crippen MR) is 114 cm³/mol. The smallest absolute Gasteiger partial charge is 0.311 e. The maximum atomic E-state index is 13.7. The number of piperidine rings is 1. The van der Waals surface area contributed by atoms with Crippen molar-refractivity contribution in [3.8, 4) is 0 Å². The van der Waals surface area contributed by atoms with Crippen LogP contribution in [0.3, 0.4) is 0 Å². The molecule has 1 aromatic heterocycles. The number of aromatic nitrogens is 1. The molecule has 0 radical (unpaired) electrons. The molecule has 0 spiro atoms. The Labute approximate surface area is 184 Å². The fraction of sp³-hybridized carbons (Fsp3) is 0.500. The van der Waals surface area contributed by atoms with Crippen molar-refractivity contribution in [3.05, 3.63) is 46.7 Å². The van der Waals surface area contributed by atoms with E-state index in [9.17, 15) is 19.1 Å². The Hall–Kier alpha value is -2.36. The van der Waals surface area contributed by atoms with Crippen LogP contribution in [-0.2, 0) is 26.3 Å². The molecule has 0 aliphatic carbocycles. The highest BCUT2D eigenvalue weighted by Crippen LogP contribution is 2.45. The van der Waals surface area contributed by atoms with Crippen molar-refractivity contribution >= 4 is 28.3 Å². The summed E-state index contributed by atoms with van der Waals surface area (Å²) in [7, 11) is 0. The average molecular weight is 448 g/mol. The summed E-state index contributed by atoms with van der Waals surface area (Å²) in [4.78, 5) is 30.6. The molecule has 2 aliphatic heterocycles. The predicted octanol–water partition coefficient (Wildman–Crippen LogP) is 2.84. The topological polar surface area (TPSA) is 91.8 Å². The van der Waals surface area contributed by atoms with Crippen molar-refractivity contribution in [3.63, 3.8) is 0 Å². The monoisotopic (exact) mass is 447 g/mol. The zero-order chi connectivity index (χ0) is 22.0. The van der Waals surface area contributed by atoms with Crippen LogP contribution in [0.5, 0.6) is 0 Å². The normalized spacial score (nSPS) is 25.4. The number of hydrogen-bond acceptors (Lipinski definition) is 7. The molecule has 166 valence electrons. The van der Waals surface area contributed by atoms with E-state index in [1.807, 2.05) is 0 Å². The molecule has 2 bridgehead atoms. The number of nitrogens with zero attached hydrogens (tertiary/aromatic N) is 2. The quantitative estimate of drug-likeness (QED) is 0.635. The standard InChI is InChI=1S/C22H26FN3O4S/c1-2-30-20(28)9-16-13-31-21(24-16)25-19(27)12-26-17-6-7-18(26)11-22(29,10-17)14-4-3-5-15(23)8-14/h3-5,8,13,17-18,29H,2,6-7,9-12H2,1H3,(H,24,25,27)/t17-,18-/m0/s1. The van der Waals surface area contributed by atoms with Crippen molar-refractivity contribution in [2.45, 2.75) is 56.7 Å². The molecule has 2 fully saturated rings. The molecule has 2 aromatic rings. The van der Waals surface area contributed by atoms with Gasteiger partial charge in [0.1, 0.15) is 5.82 Å². The molecule has 0 saturated carbocycles. The second-order valence-electron chi connectivity index (χ2n) is 8.18. The van der Waals surface area contributed by atoms with Gasteiger partial charge in [0.15, 0.2) is 5.13 Å². The van der Waals surface area contributed by atoms with Crippen LogP contribution >= 0.6 is 11.3 Å². The number of rotatable bonds is 7. The molecule has 4 rings (SSSR count). The number of amides is 1. The van der Waals surface area contributed by atoms with Crippen LogP contribution in [0.25, 0.3) is 0 Å². The maximum Gasteiger partial charge on any atom is 0.311 e. The van der Waals surface area contributed by atoms with Crippen molar-refractivity contribution in [2.24, 2.45) is 0 Å². The lowest BCUT2D eigenvalue weighted by molar-refractivity contribution is -0.142. The lowest BCUT2D eigenvalue weighted by Gasteiger charge is -2.43. The molecule has 9 heteroatoms. The number of hydrogen-bond donors (Lipinski definition) is 2. The summed E-state index contributed by atoms with van der Waals surface area (Å²) in [6.07, 6.45) is 2.82. The van der Waals surface area contributed by atoms with Gasteiger partial charge in [-0.15, -0.1) is 11.3 Å². The van der Waals surface area contributed by atoms with Gasteiger partial charge in [-0.1, -0.05) is 12.1 Å². The van der Waals surface area contributed by atoms with E-state index in [0.717, 1.165) is 12.8 Å². The molecule has 2 atom stereocenters. The van der Waals surface area contributed by atoms with Crippen LogP contribution in [0.1, 0.15) is 43.9 Å². The van der Waals surface area contributed by atoms with Gasteiger partial charge in [-0.3, -0.25) is 14.5 Å². The van der Waals surface area contributed by atoms with Gasteiger partial charge in [-0.25, -0.2) is 9.37 Å². The van der Waals surface area contributed by atoms with Crippen molar-refractivity contribution < 1.29 is 23.8 Å². The minimum Gasteiger partial charge on any atom is -0.466 e. The molecule has 0 unspecified atom stereocenters. The van der Waals surface area contributed by atoms with Crippen LogP contribution in [0.15, 0.2) is 29.6 Å². The summed E-state index contributed by atoms with van der Waals surface area (Å²) < 4.78 is 18.6. The Bertz CT molecular complexity index is 952. The van der Waals surface area contributed by atoms with E-state index >= 15 is 0 Å². The molecule has 1 aromatic carbocycles. The molecule has 7 nitrogen and oxygen atoms in total. The molecule has 3 heterocycles. The Morgan fingerprint density at radius 1 is 1.35 bits per heavy atom. The molecule has 2 saturated heterocycles. The fourth-order valence-electron chi connectivity index (χ4n) is 4.72. The van der Waals surface area contributed by atoms with Crippen LogP contribution in [0.2, 0.25) is 0 Å². The summed E-state index contributed by atoms with van der Waals surface area (Å²) >= 11 is 1.27. The summed E-state index contributed by atoms with van der Waals surface area (Å²) in [5, 5.41) is 16.2. The Morgan fingerprint density at radius 3 is 2.77 bits per heavy atom. The minimum atomic E-state index is -1.07. The number of benzene rings is 1. The summed E-state index contributed by atoms with van der Waals surface area (Å²) in [6, 6.07) is 6.29. The van der Waals surface area contributed by atoms with Crippen molar-refractivity contribution in [2.75, 3.05) is 18.5 Å². The third-order valence-electron chi connectivity index (χ3n) is 6.03. The number of halogens is 1. The number of esters is 1. The number of carbonyl (C=O) groups is 2. The Kier molecular flexibility index (Phi) is 6.36. The van der Waals surface area contributed by atoms with Gasteiger partial charge in [-0.05, 0) is 50.3 Å². The van der Waals surface area contributed by atoms with Gasteiger partial charge in [0.05, 0.1) is 30.9 Å². The number of nitrogens with one attached hydrogen (secondary N) is 1. The van der Waals surface area contributed by atoms with E-state index in [1.165, 1.54) is 23.5 Å². The van der Waals surface area contributed by atoms with Gasteiger partial charge >= 0.3 is 5.97 Å². The summed E-state index contributed by atoms with van der Waals surface area (Å²) in [5.41, 5.74) is 0.0976. The highest BCUT2D eigenvalue weighted by Gasteiger charge is 2.48. The number of carbonyl (C=O) groups excluding carboxylic acids is 2. The Balaban J connectivity index is 1.35. The molecule has 2 aliphatic rings. The van der Waals surface area contributed by atoms with E-state index in [-0.39, 0.29) is 42.7 Å². The highest BCUT2D eigenvalue weighted by atomic mass is 32.1. The first-order valence-electron chi connectivity index (χ1n) is 10.5. The largest absolute Gasteiger partial charge is 0.466 e. The number of fused-ring (bicyclic) bond motifs is 2. The van der Waals surface area contributed by atoms with Crippen LogP contribution < -0.4 is 5.32 Å². The summed E-state index contributed by atoms with van der Waals surface area (Å²) in [5.74, 6) is -0.877. The number of ether oxygens (including phenoxy) is 1. The Morgan fingerprint density at radius 2 is 2.10 bits per heavy atom. The number of aliphatic hydroxyl groups is 1. The third-order valence-corrected chi connectivity index (χ3v) is 6.84. The summed E-state index contributed by atoms with van der Waals surface area (Å²) in [6.45, 7) is 2.28. The first-order chi connectivity index (χ1) is 14.9. The van der Waals surface area contributed by atoms with Crippen LogP contribution in [0.4, 0.5) is 9.52 Å². The van der Waals surface area contributed by atoms with Gasteiger partial charge < -0.3 is 15.2 Å². The van der Waals surface area contributed by atoms with E-state index in [4.69, 9.17) is 4.74 Å². The van der Waals surface area contributed by atoms with Gasteiger partial charge in [0.2, 0.25) is 5.91 Å². The maximum absolute atomic E-state index is 13.7. The molecule has 2 N–H and O–H groups in total. The molecular weight excluding hydrogens is 421 g/mol. The van der Waals surface area contributed by atoms with Crippen LogP contribution in [0, 0.1) is 5.82 Å². The van der Waals surface area contributed by atoms with E-state index in [1.54, 1.807) is 24.4 Å². The molecular formula is C22H26FN3O4S. The van der Waals surface area contributed by atoms with Gasteiger partial charge in [-0.2, -0.15) is 0 Å². The highest BCUT2D eigenvalue weighted by molar-refractivity contribution is 7.13. The average Bonchev–Trinajstić information content (AvgIpc) is 3.23. The first kappa shape index (κ1) is 21.9. The van der Waals surface area contributed by atoms with E-state index in [2.05, 4.69) is 15.2 Å². The lowest BCUT2D eigenvalue weighted by Crippen LogP contribution is -2.51. The second-order valence-corrected chi connectivity index (χ2v) is 9.04. The van der Waals surface area contributed by atoms with Gasteiger partial charge in [0, 0.05) is 17.5 Å². The van der Waals surface area contributed by atoms with E-state index < -0.39 is 5.60 Å². The van der Waals surface area contributed by atoms with Crippen molar-refractivity contribution in [1.29, 1.82) is 0 Å². The minimum absolute atomic E-state index is 0.0634. The SMILES string of the molecule is CCOC(=O)Cc1csc(NC(=O)CN2[C@H]3CC[C@H]2CC(O)(c2cccc(F)c2)C3)n1. The number of thiazole rings is 1.